The summed E-state index contributed by atoms with van der Waals surface area (Å²) in [5, 5.41) is 0. The minimum atomic E-state index is -0.290. The van der Waals surface area contributed by atoms with Crippen molar-refractivity contribution in [3.05, 3.63) is 59.2 Å². The third kappa shape index (κ3) is 2.76. The van der Waals surface area contributed by atoms with Crippen LogP contribution < -0.4 is 5.73 Å². The molecule has 0 amide bonds. The summed E-state index contributed by atoms with van der Waals surface area (Å²) in [6, 6.07) is 9.60. The Hall–Kier alpha value is -1.94. The van der Waals surface area contributed by atoms with E-state index in [-0.39, 0.29) is 11.9 Å². The van der Waals surface area contributed by atoms with Crippen molar-refractivity contribution < 1.29 is 4.39 Å². The van der Waals surface area contributed by atoms with Gasteiger partial charge in [-0.05, 0) is 42.2 Å². The summed E-state index contributed by atoms with van der Waals surface area (Å²) >= 11 is 0. The number of fused-ring (bicyclic) bond motifs is 1. The van der Waals surface area contributed by atoms with E-state index in [2.05, 4.69) is 22.9 Å². The Morgan fingerprint density at radius 1 is 1.33 bits per heavy atom. The second-order valence-electron chi connectivity index (χ2n) is 5.53. The first-order chi connectivity index (χ1) is 10.2. The highest BCUT2D eigenvalue weighted by atomic mass is 19.1. The predicted molar refractivity (Wildman–Crippen MR) is 82.2 cm³/mol. The van der Waals surface area contributed by atoms with Gasteiger partial charge in [0, 0.05) is 18.8 Å². The number of nitrogens with two attached hydrogens (primary N) is 1. The third-order valence-electron chi connectivity index (χ3n) is 4.26. The zero-order chi connectivity index (χ0) is 14.8. The molecule has 1 aliphatic heterocycles. The molecule has 1 aliphatic rings. The van der Waals surface area contributed by atoms with Gasteiger partial charge in [0.15, 0.2) is 0 Å². The number of aromatic nitrogens is 1. The summed E-state index contributed by atoms with van der Waals surface area (Å²) in [6.07, 6.45) is 3.24. The number of anilines is 1. The molecule has 3 rings (SSSR count). The molecule has 110 valence electrons. The van der Waals surface area contributed by atoms with Crippen molar-refractivity contribution in [1.82, 2.24) is 9.88 Å². The average molecular weight is 285 g/mol. The molecule has 0 radical (unpaired) electrons. The molecule has 2 N–H and O–H groups in total. The Morgan fingerprint density at radius 3 is 2.90 bits per heavy atom. The molecule has 1 aromatic carbocycles. The van der Waals surface area contributed by atoms with Gasteiger partial charge < -0.3 is 5.73 Å². The van der Waals surface area contributed by atoms with Crippen molar-refractivity contribution >= 4 is 5.69 Å². The quantitative estimate of drug-likeness (QED) is 0.880. The lowest BCUT2D eigenvalue weighted by atomic mass is 9.95. The van der Waals surface area contributed by atoms with Gasteiger partial charge in [0.05, 0.1) is 17.9 Å². The van der Waals surface area contributed by atoms with Crippen LogP contribution in [0, 0.1) is 5.82 Å². The fourth-order valence-corrected chi connectivity index (χ4v) is 3.13. The van der Waals surface area contributed by atoms with Crippen LogP contribution in [0.3, 0.4) is 0 Å². The van der Waals surface area contributed by atoms with Crippen molar-refractivity contribution in [3.63, 3.8) is 0 Å². The van der Waals surface area contributed by atoms with Crippen LogP contribution in [-0.2, 0) is 13.0 Å². The van der Waals surface area contributed by atoms with Crippen LogP contribution in [-0.4, -0.2) is 16.4 Å². The lowest BCUT2D eigenvalue weighted by Crippen LogP contribution is -2.34. The zero-order valence-corrected chi connectivity index (χ0v) is 12.2. The molecule has 1 unspecified atom stereocenters. The Balaban J connectivity index is 1.86. The number of nitrogen functional groups attached to an aromatic ring is 1. The molecule has 4 heteroatoms. The summed E-state index contributed by atoms with van der Waals surface area (Å²) in [5.74, 6) is -0.290. The number of nitrogens with zero attached hydrogens (tertiary/aromatic N) is 2. The average Bonchev–Trinajstić information content (AvgIpc) is 2.51. The van der Waals surface area contributed by atoms with Crippen molar-refractivity contribution in [3.8, 4) is 0 Å². The van der Waals surface area contributed by atoms with E-state index in [0.29, 0.717) is 0 Å². The van der Waals surface area contributed by atoms with Crippen molar-refractivity contribution in [2.24, 2.45) is 0 Å². The van der Waals surface area contributed by atoms with E-state index in [1.165, 1.54) is 23.4 Å². The normalized spacial score (nSPS) is 16.5. The van der Waals surface area contributed by atoms with E-state index in [1.807, 2.05) is 12.1 Å². The minimum Gasteiger partial charge on any atom is -0.398 e. The van der Waals surface area contributed by atoms with Crippen LogP contribution in [0.25, 0.3) is 0 Å². The molecule has 0 saturated heterocycles. The van der Waals surface area contributed by atoms with Crippen molar-refractivity contribution in [2.75, 3.05) is 12.3 Å². The minimum absolute atomic E-state index is 0.207. The maximum atomic E-state index is 13.1. The summed E-state index contributed by atoms with van der Waals surface area (Å²) in [5.41, 5.74) is 10.5. The van der Waals surface area contributed by atoms with E-state index in [1.54, 1.807) is 6.07 Å². The second-order valence-corrected chi connectivity index (χ2v) is 5.53. The number of pyridine rings is 1. The lowest BCUT2D eigenvalue weighted by molar-refractivity contribution is 0.171. The highest BCUT2D eigenvalue weighted by Gasteiger charge is 2.25. The number of hydrogen-bond acceptors (Lipinski definition) is 3. The van der Waals surface area contributed by atoms with Gasteiger partial charge >= 0.3 is 0 Å². The van der Waals surface area contributed by atoms with Gasteiger partial charge in [-0.25, -0.2) is 4.39 Å². The Bertz CT molecular complexity index is 624. The van der Waals surface area contributed by atoms with Gasteiger partial charge in [-0.15, -0.1) is 0 Å². The van der Waals surface area contributed by atoms with Crippen molar-refractivity contribution in [1.29, 1.82) is 0 Å². The first-order valence-corrected chi connectivity index (χ1v) is 7.40. The fraction of sp³-hybridized carbons (Fsp3) is 0.353. The van der Waals surface area contributed by atoms with Gasteiger partial charge in [0.25, 0.3) is 0 Å². The molecule has 1 atom stereocenters. The molecule has 0 saturated carbocycles. The molecule has 2 aromatic rings. The van der Waals surface area contributed by atoms with Gasteiger partial charge in [-0.2, -0.15) is 0 Å². The smallest absolute Gasteiger partial charge is 0.141 e. The largest absolute Gasteiger partial charge is 0.398 e. The first-order valence-electron chi connectivity index (χ1n) is 7.40. The molecule has 0 aliphatic carbocycles. The molecule has 0 fully saturated rings. The summed E-state index contributed by atoms with van der Waals surface area (Å²) < 4.78 is 13.1. The molecule has 0 bridgehead atoms. The molecular formula is C17H20FN3. The molecule has 0 spiro atoms. The number of halogens is 1. The van der Waals surface area contributed by atoms with Crippen molar-refractivity contribution in [2.45, 2.75) is 32.4 Å². The Kier molecular flexibility index (Phi) is 3.88. The molecule has 1 aromatic heterocycles. The van der Waals surface area contributed by atoms with Crippen LogP contribution >= 0.6 is 0 Å². The van der Waals surface area contributed by atoms with E-state index in [9.17, 15) is 4.39 Å². The standard InChI is InChI=1S/C17H20FN3/c1-2-17(16-7-6-13(18)10-20-16)21-9-8-12-4-3-5-15(19)14(12)11-21/h3-7,10,17H,2,8-9,11,19H2,1H3. The first kappa shape index (κ1) is 14.0. The summed E-state index contributed by atoms with van der Waals surface area (Å²) in [7, 11) is 0. The molecule has 3 nitrogen and oxygen atoms in total. The van der Waals surface area contributed by atoms with Crippen LogP contribution in [0.2, 0.25) is 0 Å². The molecular weight excluding hydrogens is 265 g/mol. The highest BCUT2D eigenvalue weighted by Crippen LogP contribution is 2.31. The lowest BCUT2D eigenvalue weighted by Gasteiger charge is -2.35. The monoisotopic (exact) mass is 285 g/mol. The van der Waals surface area contributed by atoms with Crippen LogP contribution in [0.1, 0.15) is 36.2 Å². The molecule has 2 heterocycles. The van der Waals surface area contributed by atoms with Gasteiger partial charge in [0.2, 0.25) is 0 Å². The van der Waals surface area contributed by atoms with Crippen LogP contribution in [0.4, 0.5) is 10.1 Å². The SMILES string of the molecule is CCC(c1ccc(F)cn1)N1CCc2cccc(N)c2C1. The maximum Gasteiger partial charge on any atom is 0.141 e. The zero-order valence-electron chi connectivity index (χ0n) is 12.2. The highest BCUT2D eigenvalue weighted by molar-refractivity contribution is 5.51. The fourth-order valence-electron chi connectivity index (χ4n) is 3.13. The van der Waals surface area contributed by atoms with Gasteiger partial charge in [0.1, 0.15) is 5.82 Å². The maximum absolute atomic E-state index is 13.1. The number of benzene rings is 1. The molecule has 21 heavy (non-hydrogen) atoms. The topological polar surface area (TPSA) is 42.2 Å². The van der Waals surface area contributed by atoms with Crippen LogP contribution in [0.5, 0.6) is 0 Å². The van der Waals surface area contributed by atoms with Crippen LogP contribution in [0.15, 0.2) is 36.5 Å². The van der Waals surface area contributed by atoms with Gasteiger partial charge in [-0.3, -0.25) is 9.88 Å². The predicted octanol–water partition coefficient (Wildman–Crippen LogP) is 3.31. The Labute approximate surface area is 124 Å². The summed E-state index contributed by atoms with van der Waals surface area (Å²) in [4.78, 5) is 6.64. The third-order valence-corrected chi connectivity index (χ3v) is 4.26. The second kappa shape index (κ2) is 5.82. The number of hydrogen-bond donors (Lipinski definition) is 1. The number of rotatable bonds is 3. The van der Waals surface area contributed by atoms with E-state index in [4.69, 9.17) is 5.73 Å². The van der Waals surface area contributed by atoms with Gasteiger partial charge in [-0.1, -0.05) is 19.1 Å². The summed E-state index contributed by atoms with van der Waals surface area (Å²) in [6.45, 7) is 3.95. The van der Waals surface area contributed by atoms with E-state index in [0.717, 1.165) is 37.3 Å². The van der Waals surface area contributed by atoms with E-state index < -0.39 is 0 Å². The van der Waals surface area contributed by atoms with E-state index >= 15 is 0 Å². The Morgan fingerprint density at radius 2 is 2.19 bits per heavy atom.